The fraction of sp³-hybridized carbons (Fsp3) is 0.273. The summed E-state index contributed by atoms with van der Waals surface area (Å²) in [4.78, 5) is 15.2. The van der Waals surface area contributed by atoms with Gasteiger partial charge in [-0.1, -0.05) is 54.1 Å². The lowest BCUT2D eigenvalue weighted by Crippen LogP contribution is -2.36. The molecular formula is C22H22ClN3O2. The maximum atomic E-state index is 13.5. The number of methoxy groups -OCH3 is 1. The summed E-state index contributed by atoms with van der Waals surface area (Å²) >= 11 is 6.62. The number of anilines is 1. The Bertz CT molecular complexity index is 1000. The molecule has 3 aromatic rings. The van der Waals surface area contributed by atoms with Crippen molar-refractivity contribution in [3.63, 3.8) is 0 Å². The van der Waals surface area contributed by atoms with Crippen LogP contribution in [0, 0.1) is 6.92 Å². The Morgan fingerprint density at radius 2 is 1.96 bits per heavy atom. The number of carbonyl (C=O) groups excluding carboxylic acids is 1. The van der Waals surface area contributed by atoms with E-state index in [2.05, 4.69) is 5.10 Å². The van der Waals surface area contributed by atoms with Gasteiger partial charge in [-0.2, -0.15) is 5.10 Å². The fourth-order valence-electron chi connectivity index (χ4n) is 3.78. The minimum Gasteiger partial charge on any atom is -0.495 e. The number of amides is 1. The highest BCUT2D eigenvalue weighted by Gasteiger charge is 2.31. The Labute approximate surface area is 169 Å². The Morgan fingerprint density at radius 3 is 2.71 bits per heavy atom. The Hall–Kier alpha value is -2.79. The lowest BCUT2D eigenvalue weighted by molar-refractivity contribution is 0.0984. The molecule has 0 atom stereocenters. The molecule has 5 nitrogen and oxygen atoms in total. The molecule has 28 heavy (non-hydrogen) atoms. The van der Waals surface area contributed by atoms with Crippen molar-refractivity contribution in [2.45, 2.75) is 26.3 Å². The number of halogens is 1. The van der Waals surface area contributed by atoms with E-state index in [0.717, 1.165) is 29.7 Å². The highest BCUT2D eigenvalue weighted by atomic mass is 35.5. The second kappa shape index (κ2) is 7.68. The zero-order valence-electron chi connectivity index (χ0n) is 16.0. The minimum absolute atomic E-state index is 0.132. The van der Waals surface area contributed by atoms with Gasteiger partial charge in [-0.15, -0.1) is 0 Å². The summed E-state index contributed by atoms with van der Waals surface area (Å²) in [5, 5.41) is 4.89. The molecule has 1 aliphatic rings. The van der Waals surface area contributed by atoms with E-state index in [1.807, 2.05) is 55.5 Å². The van der Waals surface area contributed by atoms with Crippen molar-refractivity contribution in [3.05, 3.63) is 76.1 Å². The summed E-state index contributed by atoms with van der Waals surface area (Å²) in [6.45, 7) is 2.98. The van der Waals surface area contributed by atoms with E-state index in [4.69, 9.17) is 16.3 Å². The van der Waals surface area contributed by atoms with E-state index in [9.17, 15) is 4.79 Å². The maximum Gasteiger partial charge on any atom is 0.263 e. The summed E-state index contributed by atoms with van der Waals surface area (Å²) in [5.74, 6) is 0.572. The van der Waals surface area contributed by atoms with Crippen LogP contribution in [0.3, 0.4) is 0 Å². The quantitative estimate of drug-likeness (QED) is 0.653. The van der Waals surface area contributed by atoms with Crippen molar-refractivity contribution in [2.75, 3.05) is 18.6 Å². The van der Waals surface area contributed by atoms with Gasteiger partial charge in [-0.05, 0) is 37.0 Å². The van der Waals surface area contributed by atoms with Crippen molar-refractivity contribution in [2.24, 2.45) is 0 Å². The van der Waals surface area contributed by atoms with E-state index in [-0.39, 0.29) is 5.91 Å². The third-order valence-electron chi connectivity index (χ3n) is 5.10. The second-order valence-electron chi connectivity index (χ2n) is 6.92. The lowest BCUT2D eigenvalue weighted by atomic mass is 10.00. The highest BCUT2D eigenvalue weighted by molar-refractivity contribution is 6.34. The topological polar surface area (TPSA) is 47.4 Å². The van der Waals surface area contributed by atoms with Crippen molar-refractivity contribution in [1.82, 2.24) is 9.78 Å². The van der Waals surface area contributed by atoms with Gasteiger partial charge in [0.15, 0.2) is 0 Å². The first kappa shape index (κ1) is 18.6. The molecule has 6 heteroatoms. The standard InChI is InChI=1S/C22H22ClN3O2/c1-15-19(21(23)26(24-15)14-16-8-4-3-5-9-16)22(27)25-13-7-11-17-10-6-12-18(28-2)20(17)25/h3-6,8-10,12H,7,11,13-14H2,1-2H3. The normalized spacial score (nSPS) is 13.3. The molecule has 0 bridgehead atoms. The monoisotopic (exact) mass is 395 g/mol. The van der Waals surface area contributed by atoms with Gasteiger partial charge in [0, 0.05) is 6.54 Å². The zero-order valence-corrected chi connectivity index (χ0v) is 16.7. The van der Waals surface area contributed by atoms with E-state index >= 15 is 0 Å². The lowest BCUT2D eigenvalue weighted by Gasteiger charge is -2.31. The number of ether oxygens (including phenoxy) is 1. The molecule has 1 aliphatic heterocycles. The van der Waals surface area contributed by atoms with E-state index in [1.165, 1.54) is 0 Å². The molecule has 0 fully saturated rings. The first-order valence-corrected chi connectivity index (χ1v) is 9.72. The number of rotatable bonds is 4. The zero-order chi connectivity index (χ0) is 19.7. The van der Waals surface area contributed by atoms with Crippen LogP contribution in [0.4, 0.5) is 5.69 Å². The number of carbonyl (C=O) groups is 1. The van der Waals surface area contributed by atoms with E-state index < -0.39 is 0 Å². The highest BCUT2D eigenvalue weighted by Crippen LogP contribution is 2.38. The molecule has 0 aliphatic carbocycles. The average molecular weight is 396 g/mol. The summed E-state index contributed by atoms with van der Waals surface area (Å²) in [5.41, 5.74) is 4.12. The van der Waals surface area contributed by atoms with Crippen molar-refractivity contribution >= 4 is 23.2 Å². The summed E-state index contributed by atoms with van der Waals surface area (Å²) in [6.07, 6.45) is 1.83. The molecule has 4 rings (SSSR count). The number of aryl methyl sites for hydroxylation is 2. The van der Waals surface area contributed by atoms with Crippen molar-refractivity contribution in [1.29, 1.82) is 0 Å². The summed E-state index contributed by atoms with van der Waals surface area (Å²) in [7, 11) is 1.63. The summed E-state index contributed by atoms with van der Waals surface area (Å²) < 4.78 is 7.21. The molecule has 0 saturated heterocycles. The maximum absolute atomic E-state index is 13.5. The number of fused-ring (bicyclic) bond motifs is 1. The number of hydrogen-bond acceptors (Lipinski definition) is 3. The molecule has 1 amide bonds. The molecular weight excluding hydrogens is 374 g/mol. The van der Waals surface area contributed by atoms with Crippen LogP contribution in [0.1, 0.15) is 33.6 Å². The smallest absolute Gasteiger partial charge is 0.263 e. The Balaban J connectivity index is 1.71. The van der Waals surface area contributed by atoms with E-state index in [1.54, 1.807) is 16.7 Å². The van der Waals surface area contributed by atoms with Gasteiger partial charge in [0.25, 0.3) is 5.91 Å². The molecule has 0 radical (unpaired) electrons. The van der Waals surface area contributed by atoms with Crippen LogP contribution >= 0.6 is 11.6 Å². The Morgan fingerprint density at radius 1 is 1.18 bits per heavy atom. The average Bonchev–Trinajstić information content (AvgIpc) is 3.00. The van der Waals surface area contributed by atoms with Gasteiger partial charge in [0.1, 0.15) is 10.9 Å². The fourth-order valence-corrected chi connectivity index (χ4v) is 4.09. The van der Waals surface area contributed by atoms with Gasteiger partial charge in [0.05, 0.1) is 30.6 Å². The summed E-state index contributed by atoms with van der Waals surface area (Å²) in [6, 6.07) is 15.8. The predicted octanol–water partition coefficient (Wildman–Crippen LogP) is 4.49. The number of para-hydroxylation sites is 1. The number of benzene rings is 2. The molecule has 2 aromatic carbocycles. The van der Waals surface area contributed by atoms with Gasteiger partial charge in [-0.25, -0.2) is 4.68 Å². The van der Waals surface area contributed by atoms with Gasteiger partial charge in [-0.3, -0.25) is 4.79 Å². The number of hydrogen-bond donors (Lipinski definition) is 0. The first-order chi connectivity index (χ1) is 13.6. The minimum atomic E-state index is -0.132. The van der Waals surface area contributed by atoms with Crippen LogP contribution < -0.4 is 9.64 Å². The number of nitrogens with zero attached hydrogens (tertiary/aromatic N) is 3. The molecule has 0 saturated carbocycles. The van der Waals surface area contributed by atoms with Crippen LogP contribution in [0.2, 0.25) is 5.15 Å². The molecule has 2 heterocycles. The predicted molar refractivity (Wildman–Crippen MR) is 111 cm³/mol. The third-order valence-corrected chi connectivity index (χ3v) is 5.48. The molecule has 0 unspecified atom stereocenters. The SMILES string of the molecule is COc1cccc2c1N(C(=O)c1c(C)nn(Cc3ccccc3)c1Cl)CCC2. The second-order valence-corrected chi connectivity index (χ2v) is 7.28. The molecule has 0 N–H and O–H groups in total. The van der Waals surface area contributed by atoms with Crippen molar-refractivity contribution < 1.29 is 9.53 Å². The van der Waals surface area contributed by atoms with Crippen LogP contribution in [0.25, 0.3) is 0 Å². The van der Waals surface area contributed by atoms with Crippen LogP contribution in [0.15, 0.2) is 48.5 Å². The Kier molecular flexibility index (Phi) is 5.09. The van der Waals surface area contributed by atoms with Crippen LogP contribution in [0.5, 0.6) is 5.75 Å². The van der Waals surface area contributed by atoms with Crippen molar-refractivity contribution in [3.8, 4) is 5.75 Å². The largest absolute Gasteiger partial charge is 0.495 e. The molecule has 144 valence electrons. The first-order valence-electron chi connectivity index (χ1n) is 9.34. The van der Waals surface area contributed by atoms with E-state index in [0.29, 0.717) is 35.2 Å². The van der Waals surface area contributed by atoms with Crippen LogP contribution in [-0.2, 0) is 13.0 Å². The number of aromatic nitrogens is 2. The van der Waals surface area contributed by atoms with Gasteiger partial charge in [0.2, 0.25) is 0 Å². The van der Waals surface area contributed by atoms with Gasteiger partial charge < -0.3 is 9.64 Å². The van der Waals surface area contributed by atoms with Crippen LogP contribution in [-0.4, -0.2) is 29.3 Å². The molecule has 0 spiro atoms. The van der Waals surface area contributed by atoms with Gasteiger partial charge >= 0.3 is 0 Å². The molecule has 1 aromatic heterocycles. The third kappa shape index (κ3) is 3.27.